The van der Waals surface area contributed by atoms with Crippen molar-refractivity contribution >= 4 is 11.6 Å². The van der Waals surface area contributed by atoms with E-state index < -0.39 is 12.2 Å². The predicted molar refractivity (Wildman–Crippen MR) is 99.9 cm³/mol. The second-order valence-corrected chi connectivity index (χ2v) is 7.36. The lowest BCUT2D eigenvalue weighted by atomic mass is 10.0. The number of hydrogen-bond donors (Lipinski definition) is 3. The number of nitrogens with zero attached hydrogens (tertiary/aromatic N) is 2. The molecule has 25 heavy (non-hydrogen) atoms. The zero-order chi connectivity index (χ0) is 18.4. The highest BCUT2D eigenvalue weighted by Crippen LogP contribution is 2.25. The molecule has 1 heterocycles. The molecule has 1 aliphatic rings. The number of aliphatic hydroxyl groups excluding tert-OH is 2. The van der Waals surface area contributed by atoms with E-state index in [1.54, 1.807) is 0 Å². The molecule has 0 radical (unpaired) electrons. The van der Waals surface area contributed by atoms with Crippen LogP contribution in [0, 0.1) is 0 Å². The first-order valence-corrected chi connectivity index (χ1v) is 9.04. The van der Waals surface area contributed by atoms with Crippen LogP contribution in [-0.2, 0) is 11.3 Å². The second kappa shape index (κ2) is 9.83. The minimum absolute atomic E-state index is 0.149. The third-order valence-electron chi connectivity index (χ3n) is 4.61. The first kappa shape index (κ1) is 20.6. The first-order chi connectivity index (χ1) is 11.9. The van der Waals surface area contributed by atoms with E-state index in [0.29, 0.717) is 18.1 Å². The third kappa shape index (κ3) is 5.89. The fourth-order valence-electron chi connectivity index (χ4n) is 3.20. The predicted octanol–water partition coefficient (Wildman–Crippen LogP) is 0.412. The fourth-order valence-corrected chi connectivity index (χ4v) is 3.42. The lowest BCUT2D eigenvalue weighted by Gasteiger charge is -2.31. The van der Waals surface area contributed by atoms with Crippen molar-refractivity contribution in [2.45, 2.75) is 30.9 Å². The van der Waals surface area contributed by atoms with Gasteiger partial charge in [-0.3, -0.25) is 4.90 Å². The molecule has 2 rings (SSSR count). The molecule has 4 unspecified atom stereocenters. The van der Waals surface area contributed by atoms with Crippen molar-refractivity contribution in [3.63, 3.8) is 0 Å². The quantitative estimate of drug-likeness (QED) is 0.584. The second-order valence-electron chi connectivity index (χ2n) is 6.92. The van der Waals surface area contributed by atoms with Gasteiger partial charge in [0, 0.05) is 31.2 Å². The summed E-state index contributed by atoms with van der Waals surface area (Å²) in [7, 11) is 6.04. The van der Waals surface area contributed by atoms with E-state index in [2.05, 4.69) is 15.1 Å². The summed E-state index contributed by atoms with van der Waals surface area (Å²) >= 11 is 6.01. The Labute approximate surface area is 155 Å². The van der Waals surface area contributed by atoms with Crippen LogP contribution >= 0.6 is 11.6 Å². The average Bonchev–Trinajstić information content (AvgIpc) is 2.88. The summed E-state index contributed by atoms with van der Waals surface area (Å²) in [5.74, 6) is 0. The van der Waals surface area contributed by atoms with Gasteiger partial charge in [-0.1, -0.05) is 23.7 Å². The SMILES string of the molecule is CN(C)CCN(C)C1C(CNCc2cccc(Cl)c2)OC(CO)C1O. The maximum Gasteiger partial charge on any atom is 0.109 e. The first-order valence-electron chi connectivity index (χ1n) is 8.67. The van der Waals surface area contributed by atoms with Crippen LogP contribution in [0.1, 0.15) is 5.56 Å². The standard InChI is InChI=1S/C18H30ClN3O3/c1-21(2)7-8-22(3)17-15(25-16(12-23)18(17)24)11-20-10-13-5-4-6-14(19)9-13/h4-6,9,15-18,20,23-24H,7-8,10-12H2,1-3H3. The van der Waals surface area contributed by atoms with Gasteiger partial charge in [-0.25, -0.2) is 0 Å². The molecule has 7 heteroatoms. The summed E-state index contributed by atoms with van der Waals surface area (Å²) in [6.07, 6.45) is -1.42. The number of likely N-dealkylation sites (N-methyl/N-ethyl adjacent to an activating group) is 2. The number of nitrogens with one attached hydrogen (secondary N) is 1. The number of benzene rings is 1. The van der Waals surface area contributed by atoms with E-state index in [1.165, 1.54) is 0 Å². The van der Waals surface area contributed by atoms with Crippen molar-refractivity contribution in [3.05, 3.63) is 34.9 Å². The molecular formula is C18H30ClN3O3. The van der Waals surface area contributed by atoms with Crippen molar-refractivity contribution < 1.29 is 14.9 Å². The molecule has 0 aromatic heterocycles. The molecule has 142 valence electrons. The average molecular weight is 372 g/mol. The van der Waals surface area contributed by atoms with Gasteiger partial charge < -0.3 is 25.2 Å². The molecule has 1 saturated heterocycles. The minimum Gasteiger partial charge on any atom is -0.394 e. The van der Waals surface area contributed by atoms with Crippen molar-refractivity contribution in [2.24, 2.45) is 0 Å². The Morgan fingerprint density at radius 2 is 1.96 bits per heavy atom. The van der Waals surface area contributed by atoms with E-state index in [4.69, 9.17) is 16.3 Å². The molecule has 1 aromatic rings. The zero-order valence-corrected chi connectivity index (χ0v) is 16.0. The van der Waals surface area contributed by atoms with Crippen molar-refractivity contribution in [2.75, 3.05) is 47.4 Å². The van der Waals surface area contributed by atoms with Gasteiger partial charge in [-0.2, -0.15) is 0 Å². The van der Waals surface area contributed by atoms with E-state index >= 15 is 0 Å². The van der Waals surface area contributed by atoms with Crippen LogP contribution < -0.4 is 5.32 Å². The highest BCUT2D eigenvalue weighted by molar-refractivity contribution is 6.30. The molecule has 1 aromatic carbocycles. The van der Waals surface area contributed by atoms with E-state index in [-0.39, 0.29) is 18.8 Å². The van der Waals surface area contributed by atoms with Crippen molar-refractivity contribution in [3.8, 4) is 0 Å². The molecule has 0 amide bonds. The maximum atomic E-state index is 10.5. The summed E-state index contributed by atoms with van der Waals surface area (Å²) in [5, 5.41) is 24.1. The zero-order valence-electron chi connectivity index (χ0n) is 15.2. The highest BCUT2D eigenvalue weighted by Gasteiger charge is 2.44. The lowest BCUT2D eigenvalue weighted by Crippen LogP contribution is -2.50. The van der Waals surface area contributed by atoms with Crippen LogP contribution in [0.5, 0.6) is 0 Å². The Bertz CT molecular complexity index is 532. The van der Waals surface area contributed by atoms with Crippen molar-refractivity contribution in [1.29, 1.82) is 0 Å². The summed E-state index contributed by atoms with van der Waals surface area (Å²) < 4.78 is 5.88. The van der Waals surface area contributed by atoms with Crippen LogP contribution in [0.4, 0.5) is 0 Å². The smallest absolute Gasteiger partial charge is 0.109 e. The lowest BCUT2D eigenvalue weighted by molar-refractivity contribution is -0.0213. The number of halogens is 1. The third-order valence-corrected chi connectivity index (χ3v) is 4.85. The van der Waals surface area contributed by atoms with Gasteiger partial charge >= 0.3 is 0 Å². The summed E-state index contributed by atoms with van der Waals surface area (Å²) in [4.78, 5) is 4.22. The molecule has 0 aliphatic carbocycles. The van der Waals surface area contributed by atoms with Gasteiger partial charge in [-0.05, 0) is 38.8 Å². The molecule has 0 spiro atoms. The van der Waals surface area contributed by atoms with Gasteiger partial charge in [0.1, 0.15) is 12.2 Å². The maximum absolute atomic E-state index is 10.5. The van der Waals surface area contributed by atoms with Gasteiger partial charge in [0.05, 0.1) is 18.8 Å². The van der Waals surface area contributed by atoms with Gasteiger partial charge in [0.25, 0.3) is 0 Å². The van der Waals surface area contributed by atoms with Crippen molar-refractivity contribution in [1.82, 2.24) is 15.1 Å². The molecule has 0 bridgehead atoms. The number of aliphatic hydroxyl groups is 2. The minimum atomic E-state index is -0.699. The molecule has 6 nitrogen and oxygen atoms in total. The van der Waals surface area contributed by atoms with Crippen LogP contribution in [0.2, 0.25) is 5.02 Å². The number of hydrogen-bond acceptors (Lipinski definition) is 6. The Hall–Kier alpha value is -0.730. The van der Waals surface area contributed by atoms with E-state index in [0.717, 1.165) is 18.7 Å². The monoisotopic (exact) mass is 371 g/mol. The normalized spacial score (nSPS) is 26.7. The Balaban J connectivity index is 1.93. The van der Waals surface area contributed by atoms with Gasteiger partial charge in [0.2, 0.25) is 0 Å². The Kier molecular flexibility index (Phi) is 8.09. The summed E-state index contributed by atoms with van der Waals surface area (Å²) in [6, 6.07) is 7.57. The number of rotatable bonds is 9. The molecular weight excluding hydrogens is 342 g/mol. The molecule has 1 aliphatic heterocycles. The highest BCUT2D eigenvalue weighted by atomic mass is 35.5. The summed E-state index contributed by atoms with van der Waals surface area (Å²) in [6.45, 7) is 2.81. The number of ether oxygens (including phenoxy) is 1. The Morgan fingerprint density at radius 3 is 2.60 bits per heavy atom. The molecule has 1 fully saturated rings. The largest absolute Gasteiger partial charge is 0.394 e. The fraction of sp³-hybridized carbons (Fsp3) is 0.667. The van der Waals surface area contributed by atoms with Crippen LogP contribution in [-0.4, -0.2) is 91.8 Å². The summed E-state index contributed by atoms with van der Waals surface area (Å²) in [5.41, 5.74) is 1.10. The topological polar surface area (TPSA) is 68.2 Å². The van der Waals surface area contributed by atoms with Gasteiger partial charge in [-0.15, -0.1) is 0 Å². The molecule has 0 saturated carbocycles. The Morgan fingerprint density at radius 1 is 1.20 bits per heavy atom. The molecule has 3 N–H and O–H groups in total. The molecule has 4 atom stereocenters. The van der Waals surface area contributed by atoms with Gasteiger partial charge in [0.15, 0.2) is 0 Å². The van der Waals surface area contributed by atoms with E-state index in [9.17, 15) is 10.2 Å². The van der Waals surface area contributed by atoms with Crippen LogP contribution in [0.3, 0.4) is 0 Å². The van der Waals surface area contributed by atoms with E-state index in [1.807, 2.05) is 45.4 Å². The van der Waals surface area contributed by atoms with Crippen LogP contribution in [0.15, 0.2) is 24.3 Å². The van der Waals surface area contributed by atoms with Crippen LogP contribution in [0.25, 0.3) is 0 Å².